The molecule has 2 heterocycles. The summed E-state index contributed by atoms with van der Waals surface area (Å²) in [5, 5.41) is 6.36. The van der Waals surface area contributed by atoms with Crippen molar-refractivity contribution in [1.29, 1.82) is 0 Å². The third-order valence-corrected chi connectivity index (χ3v) is 4.18. The van der Waals surface area contributed by atoms with Gasteiger partial charge < -0.3 is 15.6 Å². The lowest BCUT2D eigenvalue weighted by atomic mass is 9.91. The predicted molar refractivity (Wildman–Crippen MR) is 85.9 cm³/mol. The molecule has 5 nitrogen and oxygen atoms in total. The van der Waals surface area contributed by atoms with E-state index < -0.39 is 0 Å². The first-order valence-electron chi connectivity index (χ1n) is 7.89. The fourth-order valence-corrected chi connectivity index (χ4v) is 2.88. The molecule has 5 heteroatoms. The zero-order valence-electron chi connectivity index (χ0n) is 12.6. The van der Waals surface area contributed by atoms with Crippen LogP contribution >= 0.6 is 0 Å². The highest BCUT2D eigenvalue weighted by atomic mass is 16.1. The number of imidazole rings is 1. The molecule has 22 heavy (non-hydrogen) atoms. The van der Waals surface area contributed by atoms with Crippen molar-refractivity contribution >= 4 is 5.91 Å². The van der Waals surface area contributed by atoms with Gasteiger partial charge in [0.1, 0.15) is 0 Å². The molecule has 1 amide bonds. The van der Waals surface area contributed by atoms with Crippen LogP contribution < -0.4 is 10.6 Å². The van der Waals surface area contributed by atoms with Crippen LogP contribution in [0.4, 0.5) is 0 Å². The Hall–Kier alpha value is -2.14. The summed E-state index contributed by atoms with van der Waals surface area (Å²) in [7, 11) is 0. The van der Waals surface area contributed by atoms with Gasteiger partial charge in [-0.15, -0.1) is 0 Å². The van der Waals surface area contributed by atoms with Gasteiger partial charge in [0.15, 0.2) is 0 Å². The minimum absolute atomic E-state index is 0.0205. The van der Waals surface area contributed by atoms with Crippen molar-refractivity contribution in [2.75, 3.05) is 19.6 Å². The van der Waals surface area contributed by atoms with Gasteiger partial charge in [-0.05, 0) is 43.0 Å². The minimum atomic E-state index is -0.0205. The second-order valence-electron chi connectivity index (χ2n) is 5.75. The number of hydrogen-bond acceptors (Lipinski definition) is 3. The zero-order chi connectivity index (χ0) is 15.2. The van der Waals surface area contributed by atoms with Crippen LogP contribution in [0.3, 0.4) is 0 Å². The Balaban J connectivity index is 1.51. The third-order valence-electron chi connectivity index (χ3n) is 4.18. The number of nitrogens with zero attached hydrogens (tertiary/aromatic N) is 1. The summed E-state index contributed by atoms with van der Waals surface area (Å²) in [6.07, 6.45) is 6.63. The normalized spacial score (nSPS) is 18.1. The summed E-state index contributed by atoms with van der Waals surface area (Å²) in [5.41, 5.74) is 3.07. The van der Waals surface area contributed by atoms with Crippen LogP contribution in [-0.4, -0.2) is 35.5 Å². The number of piperidine rings is 1. The highest BCUT2D eigenvalue weighted by Crippen LogP contribution is 2.23. The van der Waals surface area contributed by atoms with Crippen molar-refractivity contribution < 1.29 is 4.79 Å². The molecular formula is C17H22N4O. The molecule has 3 rings (SSSR count). The van der Waals surface area contributed by atoms with E-state index in [0.717, 1.165) is 30.8 Å². The van der Waals surface area contributed by atoms with Crippen LogP contribution in [0.25, 0.3) is 0 Å². The van der Waals surface area contributed by atoms with Gasteiger partial charge >= 0.3 is 0 Å². The van der Waals surface area contributed by atoms with E-state index in [9.17, 15) is 4.79 Å². The molecule has 2 aromatic rings. The van der Waals surface area contributed by atoms with E-state index in [1.54, 1.807) is 12.5 Å². The van der Waals surface area contributed by atoms with Crippen LogP contribution in [0.1, 0.15) is 40.4 Å². The average Bonchev–Trinajstić information content (AvgIpc) is 3.09. The summed E-state index contributed by atoms with van der Waals surface area (Å²) < 4.78 is 0. The maximum atomic E-state index is 12.1. The van der Waals surface area contributed by atoms with Crippen molar-refractivity contribution in [2.45, 2.75) is 25.2 Å². The maximum absolute atomic E-state index is 12.1. The molecule has 1 atom stereocenters. The summed E-state index contributed by atoms with van der Waals surface area (Å²) in [6.45, 7) is 2.76. The molecule has 3 N–H and O–H groups in total. The number of H-pyrrole nitrogens is 1. The SMILES string of the molecule is O=C(NCCc1cnc[nH]1)c1ccc([C@@H]2CCCNC2)cc1. The first-order chi connectivity index (χ1) is 10.8. The minimum Gasteiger partial charge on any atom is -0.352 e. The highest BCUT2D eigenvalue weighted by molar-refractivity contribution is 5.94. The van der Waals surface area contributed by atoms with Gasteiger partial charge in [0.2, 0.25) is 0 Å². The second-order valence-corrected chi connectivity index (χ2v) is 5.75. The largest absolute Gasteiger partial charge is 0.352 e. The standard InChI is InChI=1S/C17H22N4O/c22-17(20-9-7-16-11-19-12-21-16)14-5-3-13(4-6-14)15-2-1-8-18-10-15/h3-6,11-12,15,18H,1-2,7-10H2,(H,19,21)(H,20,22)/t15-/m1/s1. The van der Waals surface area contributed by atoms with Crippen molar-refractivity contribution in [2.24, 2.45) is 0 Å². The van der Waals surface area contributed by atoms with Gasteiger partial charge in [-0.25, -0.2) is 4.98 Å². The molecule has 116 valence electrons. The van der Waals surface area contributed by atoms with E-state index >= 15 is 0 Å². The van der Waals surface area contributed by atoms with Crippen molar-refractivity contribution in [3.8, 4) is 0 Å². The maximum Gasteiger partial charge on any atom is 0.251 e. The summed E-state index contributed by atoms with van der Waals surface area (Å²) >= 11 is 0. The fourth-order valence-electron chi connectivity index (χ4n) is 2.88. The molecule has 1 fully saturated rings. The number of amides is 1. The molecule has 0 bridgehead atoms. The quantitative estimate of drug-likeness (QED) is 0.789. The summed E-state index contributed by atoms with van der Waals surface area (Å²) in [4.78, 5) is 19.1. The van der Waals surface area contributed by atoms with E-state index in [0.29, 0.717) is 12.5 Å². The van der Waals surface area contributed by atoms with E-state index in [2.05, 4.69) is 32.7 Å². The first kappa shape index (κ1) is 14.8. The van der Waals surface area contributed by atoms with Gasteiger partial charge in [0, 0.05) is 37.0 Å². The molecule has 1 aromatic heterocycles. The number of rotatable bonds is 5. The smallest absolute Gasteiger partial charge is 0.251 e. The van der Waals surface area contributed by atoms with E-state index in [-0.39, 0.29) is 5.91 Å². The van der Waals surface area contributed by atoms with Gasteiger partial charge in [0.25, 0.3) is 5.91 Å². The van der Waals surface area contributed by atoms with E-state index in [1.807, 2.05) is 12.1 Å². The molecule has 1 saturated heterocycles. The number of nitrogens with one attached hydrogen (secondary N) is 3. The Morgan fingerprint density at radius 1 is 1.32 bits per heavy atom. The van der Waals surface area contributed by atoms with Gasteiger partial charge in [-0.3, -0.25) is 4.79 Å². The van der Waals surface area contributed by atoms with Gasteiger partial charge in [-0.1, -0.05) is 12.1 Å². The predicted octanol–water partition coefficient (Wildman–Crippen LogP) is 1.85. The lowest BCUT2D eigenvalue weighted by Gasteiger charge is -2.23. The Labute approximate surface area is 130 Å². The number of benzene rings is 1. The number of carbonyl (C=O) groups is 1. The van der Waals surface area contributed by atoms with Crippen LogP contribution in [0.5, 0.6) is 0 Å². The molecule has 1 aliphatic rings. The number of hydrogen-bond donors (Lipinski definition) is 3. The lowest BCUT2D eigenvalue weighted by molar-refractivity contribution is 0.0954. The first-order valence-corrected chi connectivity index (χ1v) is 7.89. The molecule has 0 spiro atoms. The van der Waals surface area contributed by atoms with Crippen LogP contribution in [0.2, 0.25) is 0 Å². The highest BCUT2D eigenvalue weighted by Gasteiger charge is 2.15. The topological polar surface area (TPSA) is 69.8 Å². The van der Waals surface area contributed by atoms with Crippen molar-refractivity contribution in [3.05, 3.63) is 53.6 Å². The average molecular weight is 298 g/mol. The Bertz CT molecular complexity index is 586. The van der Waals surface area contributed by atoms with Crippen LogP contribution in [0, 0.1) is 0 Å². The number of aromatic amines is 1. The molecule has 0 radical (unpaired) electrons. The number of aromatic nitrogens is 2. The Morgan fingerprint density at radius 2 is 2.18 bits per heavy atom. The Morgan fingerprint density at radius 3 is 2.86 bits per heavy atom. The summed E-state index contributed by atoms with van der Waals surface area (Å²) in [5.74, 6) is 0.555. The molecule has 0 unspecified atom stereocenters. The van der Waals surface area contributed by atoms with Crippen molar-refractivity contribution in [3.63, 3.8) is 0 Å². The Kier molecular flexibility index (Phi) is 4.85. The van der Waals surface area contributed by atoms with E-state index in [1.165, 1.54) is 18.4 Å². The van der Waals surface area contributed by atoms with Gasteiger partial charge in [-0.2, -0.15) is 0 Å². The van der Waals surface area contributed by atoms with Crippen LogP contribution in [0.15, 0.2) is 36.8 Å². The van der Waals surface area contributed by atoms with E-state index in [4.69, 9.17) is 0 Å². The lowest BCUT2D eigenvalue weighted by Crippen LogP contribution is -2.28. The molecule has 0 aliphatic carbocycles. The van der Waals surface area contributed by atoms with Crippen LogP contribution in [-0.2, 0) is 6.42 Å². The fraction of sp³-hybridized carbons (Fsp3) is 0.412. The van der Waals surface area contributed by atoms with Crippen molar-refractivity contribution in [1.82, 2.24) is 20.6 Å². The van der Waals surface area contributed by atoms with Gasteiger partial charge in [0.05, 0.1) is 6.33 Å². The third kappa shape index (κ3) is 3.74. The monoisotopic (exact) mass is 298 g/mol. The number of carbonyl (C=O) groups excluding carboxylic acids is 1. The molecule has 1 aliphatic heterocycles. The molecule has 0 saturated carbocycles. The second kappa shape index (κ2) is 7.22. The zero-order valence-corrected chi connectivity index (χ0v) is 12.6. The molecular weight excluding hydrogens is 276 g/mol. The summed E-state index contributed by atoms with van der Waals surface area (Å²) in [6, 6.07) is 8.02. The molecule has 1 aromatic carbocycles.